The molecule has 0 aromatic carbocycles. The molecular weight excluding hydrogens is 454 g/mol. The summed E-state index contributed by atoms with van der Waals surface area (Å²) in [7, 11) is 0. The van der Waals surface area contributed by atoms with E-state index < -0.39 is 66.7 Å². The summed E-state index contributed by atoms with van der Waals surface area (Å²) in [4.78, 5) is 71.2. The van der Waals surface area contributed by atoms with Crippen LogP contribution in [0.3, 0.4) is 0 Å². The molecule has 1 fully saturated rings. The second-order valence-electron chi connectivity index (χ2n) is 7.99. The van der Waals surface area contributed by atoms with Crippen molar-refractivity contribution in [2.45, 2.75) is 75.5 Å². The van der Waals surface area contributed by atoms with E-state index in [1.807, 2.05) is 5.32 Å². The van der Waals surface area contributed by atoms with Gasteiger partial charge in [-0.05, 0) is 51.6 Å². The van der Waals surface area contributed by atoms with E-state index >= 15 is 0 Å². The first-order valence-corrected chi connectivity index (χ1v) is 11.1. The van der Waals surface area contributed by atoms with Crippen molar-refractivity contribution in [2.24, 2.45) is 5.73 Å². The maximum absolute atomic E-state index is 12.9. The number of carbonyl (C=O) groups is 6. The smallest absolute Gasteiger partial charge is 0.326 e. The molecule has 0 spiro atoms. The van der Waals surface area contributed by atoms with E-state index in [1.165, 1.54) is 0 Å². The molecular formula is C20H33N5O9. The highest BCUT2D eigenvalue weighted by atomic mass is 16.4. The van der Waals surface area contributed by atoms with Gasteiger partial charge in [0.15, 0.2) is 0 Å². The summed E-state index contributed by atoms with van der Waals surface area (Å²) in [5, 5.41) is 37.0. The molecule has 34 heavy (non-hydrogen) atoms. The summed E-state index contributed by atoms with van der Waals surface area (Å²) in [5.41, 5.74) is 5.49. The van der Waals surface area contributed by atoms with Crippen LogP contribution in [0.1, 0.15) is 51.4 Å². The van der Waals surface area contributed by atoms with E-state index in [0.29, 0.717) is 32.4 Å². The fourth-order valence-electron chi connectivity index (χ4n) is 3.40. The molecule has 0 saturated carbocycles. The van der Waals surface area contributed by atoms with Gasteiger partial charge >= 0.3 is 17.9 Å². The first kappa shape index (κ1) is 28.8. The number of rotatable bonds is 16. The minimum atomic E-state index is -1.78. The van der Waals surface area contributed by atoms with Gasteiger partial charge in [0.25, 0.3) is 0 Å². The van der Waals surface area contributed by atoms with Gasteiger partial charge in [0.05, 0.1) is 12.5 Å². The van der Waals surface area contributed by atoms with Crippen molar-refractivity contribution in [3.63, 3.8) is 0 Å². The number of hydrogen-bond donors (Lipinski definition) is 8. The number of hydrogen-bond acceptors (Lipinski definition) is 8. The Labute approximate surface area is 196 Å². The average molecular weight is 488 g/mol. The van der Waals surface area contributed by atoms with Crippen LogP contribution < -0.4 is 27.0 Å². The molecule has 0 aromatic rings. The van der Waals surface area contributed by atoms with Crippen LogP contribution in [0.2, 0.25) is 0 Å². The fraction of sp³-hybridized carbons (Fsp3) is 0.700. The first-order valence-electron chi connectivity index (χ1n) is 11.1. The molecule has 4 atom stereocenters. The molecule has 1 aliphatic rings. The van der Waals surface area contributed by atoms with Gasteiger partial charge in [-0.15, -0.1) is 0 Å². The molecule has 1 heterocycles. The topological polar surface area (TPSA) is 237 Å². The summed E-state index contributed by atoms with van der Waals surface area (Å²) >= 11 is 0. The van der Waals surface area contributed by atoms with Crippen molar-refractivity contribution in [1.29, 1.82) is 0 Å². The second kappa shape index (κ2) is 14.8. The quantitative estimate of drug-likeness (QED) is 0.108. The van der Waals surface area contributed by atoms with Crippen LogP contribution in [-0.2, 0) is 28.8 Å². The standard InChI is InChI=1S/C20H33N5O9/c21-8-2-1-4-12(23-17(30)11-5-3-9-22-11)18(31)24-13(6-7-15(26)27)19(32)25-14(20(33)34)10-16(28)29/h11-14,22H,1-10,21H2,(H,23,30)(H,24,31)(H,25,32)(H,26,27)(H,28,29)(H,33,34). The minimum Gasteiger partial charge on any atom is -0.481 e. The molecule has 1 saturated heterocycles. The van der Waals surface area contributed by atoms with Crippen LogP contribution in [0.25, 0.3) is 0 Å². The maximum atomic E-state index is 12.9. The van der Waals surface area contributed by atoms with E-state index in [9.17, 15) is 28.8 Å². The Morgan fingerprint density at radius 1 is 0.853 bits per heavy atom. The lowest BCUT2D eigenvalue weighted by Crippen LogP contribution is -2.57. The lowest BCUT2D eigenvalue weighted by molar-refractivity contribution is -0.147. The Balaban J connectivity index is 2.95. The second-order valence-corrected chi connectivity index (χ2v) is 7.99. The molecule has 4 unspecified atom stereocenters. The zero-order valence-electron chi connectivity index (χ0n) is 18.7. The SMILES string of the molecule is NCCCCC(NC(=O)C1CCCN1)C(=O)NC(CCC(=O)O)C(=O)NC(CC(=O)O)C(=O)O. The molecule has 0 aliphatic carbocycles. The largest absolute Gasteiger partial charge is 0.481 e. The first-order chi connectivity index (χ1) is 16.0. The predicted octanol–water partition coefficient (Wildman–Crippen LogP) is -2.25. The van der Waals surface area contributed by atoms with Crippen LogP contribution in [-0.4, -0.2) is 88.2 Å². The van der Waals surface area contributed by atoms with Crippen molar-refractivity contribution in [3.8, 4) is 0 Å². The van der Waals surface area contributed by atoms with E-state index in [0.717, 1.165) is 6.42 Å². The Bertz CT molecular complexity index is 755. The third-order valence-corrected chi connectivity index (χ3v) is 5.23. The normalized spacial score (nSPS) is 17.7. The molecule has 1 aliphatic heterocycles. The Kier molecular flexibility index (Phi) is 12.5. The van der Waals surface area contributed by atoms with E-state index in [4.69, 9.17) is 21.1 Å². The fourth-order valence-corrected chi connectivity index (χ4v) is 3.40. The number of nitrogens with two attached hydrogens (primary N) is 1. The van der Waals surface area contributed by atoms with Crippen LogP contribution in [0.4, 0.5) is 0 Å². The summed E-state index contributed by atoms with van der Waals surface area (Å²) in [6, 6.07) is -4.72. The number of aliphatic carboxylic acids is 3. The van der Waals surface area contributed by atoms with Gasteiger partial charge in [-0.2, -0.15) is 0 Å². The van der Waals surface area contributed by atoms with Gasteiger partial charge in [0, 0.05) is 6.42 Å². The average Bonchev–Trinajstić information content (AvgIpc) is 3.29. The van der Waals surface area contributed by atoms with Crippen LogP contribution >= 0.6 is 0 Å². The maximum Gasteiger partial charge on any atom is 0.326 e. The van der Waals surface area contributed by atoms with Gasteiger partial charge in [-0.3, -0.25) is 24.0 Å². The van der Waals surface area contributed by atoms with Gasteiger partial charge in [-0.25, -0.2) is 4.79 Å². The van der Waals surface area contributed by atoms with Crippen molar-refractivity contribution < 1.29 is 44.1 Å². The van der Waals surface area contributed by atoms with Gasteiger partial charge < -0.3 is 42.3 Å². The van der Waals surface area contributed by atoms with E-state index in [-0.39, 0.29) is 18.7 Å². The monoisotopic (exact) mass is 487 g/mol. The Morgan fingerprint density at radius 3 is 1.97 bits per heavy atom. The molecule has 0 bridgehead atoms. The number of unbranched alkanes of at least 4 members (excludes halogenated alkanes) is 1. The minimum absolute atomic E-state index is 0.214. The highest BCUT2D eigenvalue weighted by Crippen LogP contribution is 2.09. The predicted molar refractivity (Wildman–Crippen MR) is 116 cm³/mol. The molecule has 1 rings (SSSR count). The third kappa shape index (κ3) is 10.6. The molecule has 14 heteroatoms. The van der Waals surface area contributed by atoms with Gasteiger partial charge in [0.2, 0.25) is 17.7 Å². The van der Waals surface area contributed by atoms with Crippen molar-refractivity contribution in [1.82, 2.24) is 21.3 Å². The Hall–Kier alpha value is -3.26. The van der Waals surface area contributed by atoms with E-state index in [2.05, 4.69) is 16.0 Å². The summed E-state index contributed by atoms with van der Waals surface area (Å²) in [6.45, 7) is 1.04. The Morgan fingerprint density at radius 2 is 1.47 bits per heavy atom. The number of amides is 3. The van der Waals surface area contributed by atoms with Gasteiger partial charge in [0.1, 0.15) is 18.1 Å². The number of carboxylic acids is 3. The molecule has 9 N–H and O–H groups in total. The highest BCUT2D eigenvalue weighted by molar-refractivity contribution is 5.94. The lowest BCUT2D eigenvalue weighted by Gasteiger charge is -2.25. The zero-order valence-corrected chi connectivity index (χ0v) is 18.7. The molecule has 14 nitrogen and oxygen atoms in total. The number of carboxylic acid groups (broad SMARTS) is 3. The highest BCUT2D eigenvalue weighted by Gasteiger charge is 2.32. The molecule has 0 aromatic heterocycles. The summed E-state index contributed by atoms with van der Waals surface area (Å²) in [5.74, 6) is -6.51. The van der Waals surface area contributed by atoms with Crippen LogP contribution in [0.15, 0.2) is 0 Å². The van der Waals surface area contributed by atoms with E-state index in [1.54, 1.807) is 0 Å². The zero-order chi connectivity index (χ0) is 25.7. The third-order valence-electron chi connectivity index (χ3n) is 5.23. The van der Waals surface area contributed by atoms with Crippen molar-refractivity contribution in [2.75, 3.05) is 13.1 Å². The molecule has 0 radical (unpaired) electrons. The number of nitrogens with one attached hydrogen (secondary N) is 4. The lowest BCUT2D eigenvalue weighted by atomic mass is 10.0. The van der Waals surface area contributed by atoms with Crippen LogP contribution in [0.5, 0.6) is 0 Å². The number of carbonyl (C=O) groups excluding carboxylic acids is 3. The summed E-state index contributed by atoms with van der Waals surface area (Å²) < 4.78 is 0. The van der Waals surface area contributed by atoms with Gasteiger partial charge in [-0.1, -0.05) is 0 Å². The molecule has 192 valence electrons. The molecule has 3 amide bonds. The summed E-state index contributed by atoms with van der Waals surface area (Å²) in [6.07, 6.45) is 0.898. The van der Waals surface area contributed by atoms with Crippen LogP contribution in [0, 0.1) is 0 Å². The van der Waals surface area contributed by atoms with Crippen molar-refractivity contribution >= 4 is 35.6 Å². The van der Waals surface area contributed by atoms with Crippen molar-refractivity contribution in [3.05, 3.63) is 0 Å².